The highest BCUT2D eigenvalue weighted by Crippen LogP contribution is 2.28. The van der Waals surface area contributed by atoms with Crippen molar-refractivity contribution in [2.24, 2.45) is 5.73 Å². The topological polar surface area (TPSA) is 26.0 Å². The maximum atomic E-state index is 6.26. The Morgan fingerprint density at radius 2 is 1.89 bits per heavy atom. The monoisotopic (exact) mass is 357 g/mol. The SMILES string of the molecule is Cc1ccc(C(N)Cc2ccc(Cl)cc2Cl)c(Br)c1. The van der Waals surface area contributed by atoms with Gasteiger partial charge in [-0.2, -0.15) is 0 Å². The van der Waals surface area contributed by atoms with E-state index in [1.54, 1.807) is 6.07 Å². The van der Waals surface area contributed by atoms with Crippen molar-refractivity contribution < 1.29 is 0 Å². The van der Waals surface area contributed by atoms with Gasteiger partial charge in [0.1, 0.15) is 0 Å². The van der Waals surface area contributed by atoms with Crippen LogP contribution in [0.5, 0.6) is 0 Å². The van der Waals surface area contributed by atoms with Gasteiger partial charge < -0.3 is 5.73 Å². The van der Waals surface area contributed by atoms with Crippen molar-refractivity contribution in [2.45, 2.75) is 19.4 Å². The number of halogens is 3. The van der Waals surface area contributed by atoms with Crippen LogP contribution in [-0.2, 0) is 6.42 Å². The Morgan fingerprint density at radius 1 is 1.16 bits per heavy atom. The van der Waals surface area contributed by atoms with Gasteiger partial charge in [0.25, 0.3) is 0 Å². The number of rotatable bonds is 3. The second-order valence-electron chi connectivity index (χ2n) is 4.57. The highest BCUT2D eigenvalue weighted by Gasteiger charge is 2.12. The van der Waals surface area contributed by atoms with Gasteiger partial charge in [0.2, 0.25) is 0 Å². The summed E-state index contributed by atoms with van der Waals surface area (Å²) >= 11 is 15.6. The molecule has 0 saturated heterocycles. The molecule has 4 heteroatoms. The zero-order chi connectivity index (χ0) is 14.0. The van der Waals surface area contributed by atoms with E-state index in [0.717, 1.165) is 15.6 Å². The first-order valence-corrected chi connectivity index (χ1v) is 7.48. The Morgan fingerprint density at radius 3 is 2.53 bits per heavy atom. The zero-order valence-corrected chi connectivity index (χ0v) is 13.6. The molecular weight excluding hydrogens is 345 g/mol. The lowest BCUT2D eigenvalue weighted by molar-refractivity contribution is 0.718. The average molecular weight is 359 g/mol. The van der Waals surface area contributed by atoms with Crippen LogP contribution < -0.4 is 5.73 Å². The molecule has 0 bridgehead atoms. The molecule has 2 N–H and O–H groups in total. The minimum atomic E-state index is -0.103. The van der Waals surface area contributed by atoms with Crippen LogP contribution in [0.25, 0.3) is 0 Å². The molecule has 0 amide bonds. The molecule has 0 aliphatic heterocycles. The largest absolute Gasteiger partial charge is 0.324 e. The minimum absolute atomic E-state index is 0.103. The van der Waals surface area contributed by atoms with E-state index in [2.05, 4.69) is 35.0 Å². The van der Waals surface area contributed by atoms with Gasteiger partial charge in [-0.15, -0.1) is 0 Å². The molecule has 0 saturated carbocycles. The molecule has 0 aliphatic rings. The summed E-state index contributed by atoms with van der Waals surface area (Å²) in [6.07, 6.45) is 0.678. The van der Waals surface area contributed by atoms with Crippen LogP contribution in [0.15, 0.2) is 40.9 Å². The van der Waals surface area contributed by atoms with Crippen LogP contribution in [-0.4, -0.2) is 0 Å². The fourth-order valence-corrected chi connectivity index (χ4v) is 3.24. The van der Waals surface area contributed by atoms with Crippen LogP contribution in [0.4, 0.5) is 0 Å². The summed E-state index contributed by atoms with van der Waals surface area (Å²) in [6, 6.07) is 11.6. The summed E-state index contributed by atoms with van der Waals surface area (Å²) in [5, 5.41) is 1.30. The standard InChI is InChI=1S/C15H14BrCl2N/c1-9-2-5-12(13(16)6-9)15(19)7-10-3-4-11(17)8-14(10)18/h2-6,8,15H,7,19H2,1H3. The molecule has 19 heavy (non-hydrogen) atoms. The summed E-state index contributed by atoms with van der Waals surface area (Å²) in [5.41, 5.74) is 9.55. The Labute approximate surface area is 131 Å². The maximum Gasteiger partial charge on any atom is 0.0453 e. The van der Waals surface area contributed by atoms with E-state index in [-0.39, 0.29) is 6.04 Å². The van der Waals surface area contributed by atoms with Crippen molar-refractivity contribution >= 4 is 39.1 Å². The van der Waals surface area contributed by atoms with E-state index in [1.165, 1.54) is 5.56 Å². The Kier molecular flexibility index (Phi) is 4.91. The predicted octanol–water partition coefficient (Wildman–Crippen LogP) is 5.31. The van der Waals surface area contributed by atoms with Crippen LogP contribution in [0.2, 0.25) is 10.0 Å². The quantitative estimate of drug-likeness (QED) is 0.790. The number of aryl methyl sites for hydroxylation is 1. The highest BCUT2D eigenvalue weighted by atomic mass is 79.9. The van der Waals surface area contributed by atoms with Gasteiger partial charge in [-0.25, -0.2) is 0 Å². The molecule has 0 aromatic heterocycles. The molecule has 1 nitrogen and oxygen atoms in total. The zero-order valence-electron chi connectivity index (χ0n) is 10.5. The summed E-state index contributed by atoms with van der Waals surface area (Å²) in [5.74, 6) is 0. The summed E-state index contributed by atoms with van der Waals surface area (Å²) in [4.78, 5) is 0. The number of hydrogen-bond acceptors (Lipinski definition) is 1. The smallest absolute Gasteiger partial charge is 0.0453 e. The molecule has 2 aromatic carbocycles. The first-order chi connectivity index (χ1) is 8.97. The fraction of sp³-hybridized carbons (Fsp3) is 0.200. The molecule has 0 radical (unpaired) electrons. The molecule has 100 valence electrons. The van der Waals surface area contributed by atoms with E-state index in [4.69, 9.17) is 28.9 Å². The molecule has 0 fully saturated rings. The molecule has 0 spiro atoms. The van der Waals surface area contributed by atoms with E-state index >= 15 is 0 Å². The number of benzene rings is 2. The summed E-state index contributed by atoms with van der Waals surface area (Å²) in [6.45, 7) is 2.05. The van der Waals surface area contributed by atoms with Gasteiger partial charge in [-0.3, -0.25) is 0 Å². The number of nitrogens with two attached hydrogens (primary N) is 1. The van der Waals surface area contributed by atoms with Crippen LogP contribution >= 0.6 is 39.1 Å². The Balaban J connectivity index is 2.23. The van der Waals surface area contributed by atoms with Crippen LogP contribution in [0.3, 0.4) is 0 Å². The lowest BCUT2D eigenvalue weighted by atomic mass is 9.99. The average Bonchev–Trinajstić information content (AvgIpc) is 2.32. The van der Waals surface area contributed by atoms with Crippen molar-refractivity contribution in [3.8, 4) is 0 Å². The Hall–Kier alpha value is -0.540. The highest BCUT2D eigenvalue weighted by molar-refractivity contribution is 9.10. The van der Waals surface area contributed by atoms with Gasteiger partial charge in [0.05, 0.1) is 0 Å². The van der Waals surface area contributed by atoms with E-state index in [1.807, 2.05) is 18.2 Å². The van der Waals surface area contributed by atoms with Crippen molar-refractivity contribution in [1.29, 1.82) is 0 Å². The first kappa shape index (κ1) is 14.9. The van der Waals surface area contributed by atoms with Crippen molar-refractivity contribution in [3.63, 3.8) is 0 Å². The summed E-state index contributed by atoms with van der Waals surface area (Å²) in [7, 11) is 0. The third-order valence-electron chi connectivity index (χ3n) is 3.01. The molecule has 0 heterocycles. The van der Waals surface area contributed by atoms with Crippen LogP contribution in [0.1, 0.15) is 22.7 Å². The van der Waals surface area contributed by atoms with E-state index in [0.29, 0.717) is 16.5 Å². The summed E-state index contributed by atoms with van der Waals surface area (Å²) < 4.78 is 1.03. The molecular formula is C15H14BrCl2N. The second-order valence-corrected chi connectivity index (χ2v) is 6.27. The molecule has 2 rings (SSSR count). The third kappa shape index (κ3) is 3.73. The molecule has 0 aliphatic carbocycles. The minimum Gasteiger partial charge on any atom is -0.324 e. The molecule has 1 unspecified atom stereocenters. The second kappa shape index (κ2) is 6.27. The van der Waals surface area contributed by atoms with Gasteiger partial charge >= 0.3 is 0 Å². The molecule has 1 atom stereocenters. The maximum absolute atomic E-state index is 6.26. The Bertz CT molecular complexity index is 599. The van der Waals surface area contributed by atoms with Crippen molar-refractivity contribution in [2.75, 3.05) is 0 Å². The van der Waals surface area contributed by atoms with Crippen LogP contribution in [0, 0.1) is 6.92 Å². The lowest BCUT2D eigenvalue weighted by Crippen LogP contribution is -2.14. The lowest BCUT2D eigenvalue weighted by Gasteiger charge is -2.15. The van der Waals surface area contributed by atoms with E-state index < -0.39 is 0 Å². The molecule has 2 aromatic rings. The van der Waals surface area contributed by atoms with Crippen molar-refractivity contribution in [3.05, 3.63) is 67.6 Å². The predicted molar refractivity (Wildman–Crippen MR) is 86.0 cm³/mol. The number of hydrogen-bond donors (Lipinski definition) is 1. The van der Waals surface area contributed by atoms with Gasteiger partial charge in [0, 0.05) is 20.6 Å². The van der Waals surface area contributed by atoms with Crippen molar-refractivity contribution in [1.82, 2.24) is 0 Å². The van der Waals surface area contributed by atoms with Gasteiger partial charge in [-0.1, -0.05) is 57.3 Å². The fourth-order valence-electron chi connectivity index (χ4n) is 1.97. The third-order valence-corrected chi connectivity index (χ3v) is 4.28. The van der Waals surface area contributed by atoms with Gasteiger partial charge in [0.15, 0.2) is 0 Å². The normalized spacial score (nSPS) is 12.5. The van der Waals surface area contributed by atoms with Gasteiger partial charge in [-0.05, 0) is 48.2 Å². The first-order valence-electron chi connectivity index (χ1n) is 5.93. The van der Waals surface area contributed by atoms with E-state index in [9.17, 15) is 0 Å².